The van der Waals surface area contributed by atoms with Crippen molar-refractivity contribution in [2.45, 2.75) is 0 Å². The molecule has 0 saturated heterocycles. The van der Waals surface area contributed by atoms with Crippen LogP contribution in [0, 0.1) is 0 Å². The molecule has 0 atom stereocenters. The second kappa shape index (κ2) is 4.37. The van der Waals surface area contributed by atoms with Crippen LogP contribution in [0.2, 0.25) is 0 Å². The number of nitrogens with zero attached hydrogens (tertiary/aromatic N) is 2. The summed E-state index contributed by atoms with van der Waals surface area (Å²) in [5.41, 5.74) is 0. The van der Waals surface area contributed by atoms with Gasteiger partial charge in [0.1, 0.15) is 9.75 Å². The second-order valence-corrected chi connectivity index (χ2v) is 4.57. The molecule has 0 spiro atoms. The summed E-state index contributed by atoms with van der Waals surface area (Å²) in [5.74, 6) is -1.35. The summed E-state index contributed by atoms with van der Waals surface area (Å²) in [7, 11) is 0. The number of carbonyl (C=O) groups excluding carboxylic acids is 1. The summed E-state index contributed by atoms with van der Waals surface area (Å²) in [6.07, 6.45) is 1.35. The number of rotatable bonds is 3. The van der Waals surface area contributed by atoms with Gasteiger partial charge in [0.05, 0.1) is 11.2 Å². The molecule has 0 fully saturated rings. The van der Waals surface area contributed by atoms with E-state index in [0.29, 0.717) is 9.88 Å². The molecule has 0 bridgehead atoms. The molecule has 2 aromatic heterocycles. The van der Waals surface area contributed by atoms with E-state index in [1.807, 2.05) is 0 Å². The lowest BCUT2D eigenvalue weighted by Gasteiger charge is -1.97. The standard InChI is InChI=1S/C8H5N3O3S2/c12-7(5-3-9-11-16-5)10-6-2-1-4(15-6)8(13)14/h1-3H,(H,10,12)(H,13,14). The van der Waals surface area contributed by atoms with Crippen LogP contribution in [0.15, 0.2) is 18.3 Å². The number of nitrogens with one attached hydrogen (secondary N) is 1. The monoisotopic (exact) mass is 255 g/mol. The van der Waals surface area contributed by atoms with Crippen LogP contribution in [0.4, 0.5) is 5.00 Å². The minimum absolute atomic E-state index is 0.178. The van der Waals surface area contributed by atoms with E-state index in [1.54, 1.807) is 6.07 Å². The second-order valence-electron chi connectivity index (χ2n) is 2.70. The Balaban J connectivity index is 2.09. The lowest BCUT2D eigenvalue weighted by atomic mass is 10.4. The third-order valence-electron chi connectivity index (χ3n) is 1.64. The van der Waals surface area contributed by atoms with E-state index < -0.39 is 5.97 Å². The van der Waals surface area contributed by atoms with E-state index in [4.69, 9.17) is 5.11 Å². The summed E-state index contributed by atoms with van der Waals surface area (Å²) >= 11 is 1.98. The minimum Gasteiger partial charge on any atom is -0.477 e. The Morgan fingerprint density at radius 2 is 2.12 bits per heavy atom. The van der Waals surface area contributed by atoms with Crippen molar-refractivity contribution in [3.8, 4) is 0 Å². The highest BCUT2D eigenvalue weighted by Gasteiger charge is 2.12. The summed E-state index contributed by atoms with van der Waals surface area (Å²) in [4.78, 5) is 22.7. The zero-order chi connectivity index (χ0) is 11.5. The van der Waals surface area contributed by atoms with E-state index in [9.17, 15) is 9.59 Å². The van der Waals surface area contributed by atoms with Crippen LogP contribution < -0.4 is 5.32 Å². The van der Waals surface area contributed by atoms with Crippen LogP contribution in [0.1, 0.15) is 19.3 Å². The topological polar surface area (TPSA) is 92.2 Å². The number of hydrogen-bond donors (Lipinski definition) is 2. The first-order chi connectivity index (χ1) is 7.66. The molecule has 0 unspecified atom stereocenters. The van der Waals surface area contributed by atoms with Crippen LogP contribution in [-0.4, -0.2) is 26.6 Å². The number of carboxylic acids is 1. The number of carbonyl (C=O) groups is 2. The molecule has 2 aromatic rings. The number of hydrogen-bond acceptors (Lipinski definition) is 6. The number of thiophene rings is 1. The van der Waals surface area contributed by atoms with E-state index in [0.717, 1.165) is 22.9 Å². The molecule has 0 aliphatic carbocycles. The minimum atomic E-state index is -1.01. The van der Waals surface area contributed by atoms with Gasteiger partial charge in [0.2, 0.25) is 0 Å². The summed E-state index contributed by atoms with van der Waals surface area (Å²) in [6.45, 7) is 0. The normalized spacial score (nSPS) is 10.0. The van der Waals surface area contributed by atoms with Gasteiger partial charge in [-0.25, -0.2) is 4.79 Å². The SMILES string of the molecule is O=C(O)c1ccc(NC(=O)c2cnns2)s1. The highest BCUT2D eigenvalue weighted by atomic mass is 32.1. The third-order valence-corrected chi connectivity index (χ3v) is 3.29. The summed E-state index contributed by atoms with van der Waals surface area (Å²) in [6, 6.07) is 2.98. The Morgan fingerprint density at radius 1 is 1.31 bits per heavy atom. The van der Waals surface area contributed by atoms with Gasteiger partial charge in [-0.1, -0.05) is 4.49 Å². The highest BCUT2D eigenvalue weighted by Crippen LogP contribution is 2.22. The van der Waals surface area contributed by atoms with Crippen LogP contribution >= 0.6 is 22.9 Å². The van der Waals surface area contributed by atoms with Gasteiger partial charge in [0.15, 0.2) is 0 Å². The molecule has 0 saturated carbocycles. The first-order valence-corrected chi connectivity index (χ1v) is 5.67. The maximum Gasteiger partial charge on any atom is 0.345 e. The zero-order valence-corrected chi connectivity index (χ0v) is 9.34. The Bertz CT molecular complexity index is 520. The molecule has 2 heterocycles. The Morgan fingerprint density at radius 3 is 2.69 bits per heavy atom. The van der Waals surface area contributed by atoms with Crippen LogP contribution in [-0.2, 0) is 0 Å². The van der Waals surface area contributed by atoms with Crippen molar-refractivity contribution in [3.05, 3.63) is 28.1 Å². The molecule has 16 heavy (non-hydrogen) atoms. The molecule has 8 heteroatoms. The average Bonchev–Trinajstić information content (AvgIpc) is 2.87. The van der Waals surface area contributed by atoms with Crippen LogP contribution in [0.3, 0.4) is 0 Å². The molecule has 0 aromatic carbocycles. The van der Waals surface area contributed by atoms with Crippen molar-refractivity contribution in [2.75, 3.05) is 5.32 Å². The predicted molar refractivity (Wildman–Crippen MR) is 59.1 cm³/mol. The van der Waals surface area contributed by atoms with Crippen molar-refractivity contribution in [1.29, 1.82) is 0 Å². The van der Waals surface area contributed by atoms with Crippen molar-refractivity contribution < 1.29 is 14.7 Å². The maximum absolute atomic E-state index is 11.5. The molecule has 0 aliphatic rings. The lowest BCUT2D eigenvalue weighted by Crippen LogP contribution is -2.08. The molecule has 1 amide bonds. The molecular formula is C8H5N3O3S2. The first kappa shape index (κ1) is 10.7. The van der Waals surface area contributed by atoms with Crippen molar-refractivity contribution >= 4 is 39.7 Å². The molecule has 0 aliphatic heterocycles. The summed E-state index contributed by atoms with van der Waals surface area (Å²) < 4.78 is 3.56. The van der Waals surface area contributed by atoms with E-state index in [2.05, 4.69) is 14.9 Å². The fourth-order valence-electron chi connectivity index (χ4n) is 0.961. The fourth-order valence-corrected chi connectivity index (χ4v) is 2.11. The molecule has 2 N–H and O–H groups in total. The predicted octanol–water partition coefficient (Wildman–Crippen LogP) is 1.55. The van der Waals surface area contributed by atoms with Crippen molar-refractivity contribution in [1.82, 2.24) is 9.59 Å². The molecule has 6 nitrogen and oxygen atoms in total. The maximum atomic E-state index is 11.5. The van der Waals surface area contributed by atoms with Gasteiger partial charge < -0.3 is 10.4 Å². The zero-order valence-electron chi connectivity index (χ0n) is 7.71. The molecule has 82 valence electrons. The van der Waals surface area contributed by atoms with Gasteiger partial charge in [-0.2, -0.15) is 0 Å². The smallest absolute Gasteiger partial charge is 0.345 e. The third kappa shape index (κ3) is 2.23. The lowest BCUT2D eigenvalue weighted by molar-refractivity contribution is 0.0702. The Hall–Kier alpha value is -1.80. The molecular weight excluding hydrogens is 250 g/mol. The largest absolute Gasteiger partial charge is 0.477 e. The van der Waals surface area contributed by atoms with Gasteiger partial charge in [-0.15, -0.1) is 16.4 Å². The highest BCUT2D eigenvalue weighted by molar-refractivity contribution is 7.18. The van der Waals surface area contributed by atoms with Crippen LogP contribution in [0.25, 0.3) is 0 Å². The van der Waals surface area contributed by atoms with Gasteiger partial charge in [0.25, 0.3) is 5.91 Å². The number of anilines is 1. The Labute approximate surface area is 97.7 Å². The number of aromatic nitrogens is 2. The quantitative estimate of drug-likeness (QED) is 0.868. The van der Waals surface area contributed by atoms with Gasteiger partial charge in [-0.05, 0) is 23.7 Å². The molecule has 2 rings (SSSR count). The van der Waals surface area contributed by atoms with Crippen LogP contribution in [0.5, 0.6) is 0 Å². The average molecular weight is 255 g/mol. The van der Waals surface area contributed by atoms with E-state index in [1.165, 1.54) is 12.3 Å². The number of amides is 1. The van der Waals surface area contributed by atoms with Gasteiger partial charge in [0, 0.05) is 0 Å². The first-order valence-electron chi connectivity index (χ1n) is 4.08. The number of carboxylic acid groups (broad SMARTS) is 1. The van der Waals surface area contributed by atoms with Crippen molar-refractivity contribution in [2.24, 2.45) is 0 Å². The van der Waals surface area contributed by atoms with E-state index >= 15 is 0 Å². The fraction of sp³-hybridized carbons (Fsp3) is 0. The summed E-state index contributed by atoms with van der Waals surface area (Å²) in [5, 5.41) is 15.3. The van der Waals surface area contributed by atoms with Gasteiger partial charge >= 0.3 is 5.97 Å². The molecule has 0 radical (unpaired) electrons. The number of aromatic carboxylic acids is 1. The van der Waals surface area contributed by atoms with Crippen molar-refractivity contribution in [3.63, 3.8) is 0 Å². The van der Waals surface area contributed by atoms with Gasteiger partial charge in [-0.3, -0.25) is 4.79 Å². The Kier molecular flexibility index (Phi) is 2.93. The van der Waals surface area contributed by atoms with E-state index in [-0.39, 0.29) is 10.8 Å².